The van der Waals surface area contributed by atoms with Crippen LogP contribution in [0, 0.1) is 5.41 Å². The quantitative estimate of drug-likeness (QED) is 0.306. The van der Waals surface area contributed by atoms with E-state index in [4.69, 9.17) is 5.41 Å². The Kier molecular flexibility index (Phi) is 7.19. The molecule has 39 heavy (non-hydrogen) atoms. The highest BCUT2D eigenvalue weighted by Crippen LogP contribution is 2.28. The van der Waals surface area contributed by atoms with Gasteiger partial charge in [-0.15, -0.1) is 0 Å². The minimum atomic E-state index is -4.21. The van der Waals surface area contributed by atoms with Crippen LogP contribution in [0.4, 0.5) is 18.9 Å². The predicted molar refractivity (Wildman–Crippen MR) is 140 cm³/mol. The molecule has 2 aliphatic heterocycles. The first kappa shape index (κ1) is 26.2. The molecule has 0 unspecified atom stereocenters. The van der Waals surface area contributed by atoms with Crippen LogP contribution in [0.2, 0.25) is 0 Å². The van der Waals surface area contributed by atoms with Gasteiger partial charge in [0.05, 0.1) is 35.5 Å². The number of carbonyl (C=O) groups excluding carboxylic acids is 1. The zero-order valence-corrected chi connectivity index (χ0v) is 21.1. The lowest BCUT2D eigenvalue weighted by Crippen LogP contribution is -2.49. The number of halogens is 3. The Labute approximate surface area is 221 Å². The average molecular weight is 541 g/mol. The fourth-order valence-electron chi connectivity index (χ4n) is 4.59. The third-order valence-corrected chi connectivity index (χ3v) is 6.42. The zero-order valence-electron chi connectivity index (χ0n) is 21.1. The summed E-state index contributed by atoms with van der Waals surface area (Å²) in [5.41, 5.74) is 2.92. The molecule has 1 fully saturated rings. The highest BCUT2D eigenvalue weighted by atomic mass is 19.4. The number of nitrogens with one attached hydrogen (secondary N) is 5. The Hall–Kier alpha value is -4.46. The van der Waals surface area contributed by atoms with Gasteiger partial charge in [-0.25, -0.2) is 15.0 Å². The lowest BCUT2D eigenvalue weighted by molar-refractivity contribution is -0.146. The summed E-state index contributed by atoms with van der Waals surface area (Å²) in [6.45, 7) is 0.820. The van der Waals surface area contributed by atoms with E-state index in [-0.39, 0.29) is 29.4 Å². The fraction of sp³-hybridized carbons (Fsp3) is 0.320. The van der Waals surface area contributed by atoms with Gasteiger partial charge in [-0.3, -0.25) is 15.1 Å². The number of anilines is 1. The largest absolute Gasteiger partial charge is 0.401 e. The van der Waals surface area contributed by atoms with Crippen molar-refractivity contribution in [2.45, 2.75) is 12.7 Å². The number of aromatic nitrogens is 4. The van der Waals surface area contributed by atoms with Crippen LogP contribution in [0.1, 0.15) is 11.6 Å². The first-order valence-electron chi connectivity index (χ1n) is 12.3. The van der Waals surface area contributed by atoms with Gasteiger partial charge >= 0.3 is 6.18 Å². The van der Waals surface area contributed by atoms with E-state index in [0.29, 0.717) is 48.7 Å². The lowest BCUT2D eigenvalue weighted by Gasteiger charge is -2.36. The van der Waals surface area contributed by atoms with Gasteiger partial charge < -0.3 is 25.8 Å². The van der Waals surface area contributed by atoms with E-state index in [0.717, 1.165) is 5.69 Å². The first-order valence-corrected chi connectivity index (χ1v) is 12.3. The SMILES string of the molecule is CN/C=C1/NC(=O)C(c2nc3ccc(N4CCN(CC(F)(F)F)CC4)cc3[nH]2)=C(NCc2ncccn2)C1=N. The van der Waals surface area contributed by atoms with Crippen molar-refractivity contribution in [2.24, 2.45) is 0 Å². The molecule has 204 valence electrons. The molecule has 3 aromatic rings. The highest BCUT2D eigenvalue weighted by molar-refractivity contribution is 6.33. The molecule has 0 atom stereocenters. The van der Waals surface area contributed by atoms with Gasteiger partial charge in [-0.1, -0.05) is 0 Å². The van der Waals surface area contributed by atoms with Crippen molar-refractivity contribution >= 4 is 33.9 Å². The summed E-state index contributed by atoms with van der Waals surface area (Å²) >= 11 is 0. The number of fused-ring (bicyclic) bond motifs is 1. The van der Waals surface area contributed by atoms with Crippen LogP contribution >= 0.6 is 0 Å². The topological polar surface area (TPSA) is 138 Å². The fourth-order valence-corrected chi connectivity index (χ4v) is 4.59. The summed E-state index contributed by atoms with van der Waals surface area (Å²) in [5, 5.41) is 17.4. The molecular weight excluding hydrogens is 513 g/mol. The Morgan fingerprint density at radius 1 is 1.15 bits per heavy atom. The van der Waals surface area contributed by atoms with Crippen LogP contribution in [0.25, 0.3) is 16.6 Å². The summed E-state index contributed by atoms with van der Waals surface area (Å²) in [5.74, 6) is 0.329. The molecular formula is C25H27F3N10O. The van der Waals surface area contributed by atoms with Gasteiger partial charge in [0.2, 0.25) is 0 Å². The third-order valence-electron chi connectivity index (χ3n) is 6.42. The minimum Gasteiger partial charge on any atom is -0.392 e. The van der Waals surface area contributed by atoms with Crippen molar-refractivity contribution in [3.8, 4) is 0 Å². The first-order chi connectivity index (χ1) is 18.7. The Morgan fingerprint density at radius 2 is 1.90 bits per heavy atom. The second-order valence-electron chi connectivity index (χ2n) is 9.11. The average Bonchev–Trinajstić information content (AvgIpc) is 3.32. The number of amides is 1. The van der Waals surface area contributed by atoms with E-state index in [1.807, 2.05) is 17.0 Å². The van der Waals surface area contributed by atoms with E-state index in [9.17, 15) is 18.0 Å². The monoisotopic (exact) mass is 540 g/mol. The van der Waals surface area contributed by atoms with Crippen LogP contribution < -0.4 is 20.9 Å². The standard InChI is InChI=1S/C25H27F3N10O/c1-30-12-18-21(29)22(33-13-19-31-5-2-6-32-19)20(24(39)36-18)23-34-16-4-3-15(11-17(16)35-23)38-9-7-37(8-10-38)14-25(26,27)28/h2-6,11-12,29-30,33H,7-10,13-14H2,1H3,(H,34,35)(H,36,39)/b18-12+,29-21?. The number of rotatable bonds is 7. The molecule has 4 heterocycles. The van der Waals surface area contributed by atoms with Crippen molar-refractivity contribution in [3.05, 3.63) is 65.9 Å². The van der Waals surface area contributed by atoms with Crippen molar-refractivity contribution in [1.82, 2.24) is 40.8 Å². The molecule has 1 aromatic carbocycles. The number of piperazine rings is 1. The number of imidazole rings is 1. The maximum absolute atomic E-state index is 13.2. The number of hydrogen-bond donors (Lipinski definition) is 5. The number of carbonyl (C=O) groups is 1. The normalized spacial score (nSPS) is 18.2. The molecule has 5 rings (SSSR count). The van der Waals surface area contributed by atoms with Crippen LogP contribution in [0.15, 0.2) is 54.3 Å². The van der Waals surface area contributed by atoms with E-state index < -0.39 is 18.6 Å². The molecule has 1 amide bonds. The van der Waals surface area contributed by atoms with Crippen molar-refractivity contribution in [3.63, 3.8) is 0 Å². The molecule has 5 N–H and O–H groups in total. The number of nitrogens with zero attached hydrogens (tertiary/aromatic N) is 5. The molecule has 0 aliphatic carbocycles. The molecule has 14 heteroatoms. The molecule has 0 bridgehead atoms. The summed E-state index contributed by atoms with van der Waals surface area (Å²) in [6.07, 6.45) is 0.529. The van der Waals surface area contributed by atoms with Gasteiger partial charge in [0.25, 0.3) is 5.91 Å². The van der Waals surface area contributed by atoms with Gasteiger partial charge in [0.15, 0.2) is 0 Å². The zero-order chi connectivity index (χ0) is 27.6. The number of hydrogen-bond acceptors (Lipinski definition) is 9. The Bertz CT molecular complexity index is 1440. The van der Waals surface area contributed by atoms with Crippen LogP contribution in [-0.2, 0) is 11.3 Å². The van der Waals surface area contributed by atoms with Gasteiger partial charge in [-0.2, -0.15) is 13.2 Å². The minimum absolute atomic E-state index is 0.0627. The summed E-state index contributed by atoms with van der Waals surface area (Å²) in [7, 11) is 1.67. The third kappa shape index (κ3) is 5.85. The van der Waals surface area contributed by atoms with Crippen molar-refractivity contribution < 1.29 is 18.0 Å². The molecule has 2 aliphatic rings. The smallest absolute Gasteiger partial charge is 0.392 e. The highest BCUT2D eigenvalue weighted by Gasteiger charge is 2.33. The van der Waals surface area contributed by atoms with Gasteiger partial charge in [0, 0.05) is 57.5 Å². The van der Waals surface area contributed by atoms with Crippen LogP contribution in [-0.4, -0.2) is 82.4 Å². The van der Waals surface area contributed by atoms with Crippen LogP contribution in [0.5, 0.6) is 0 Å². The maximum atomic E-state index is 13.2. The second-order valence-corrected chi connectivity index (χ2v) is 9.11. The number of H-pyrrole nitrogens is 1. The molecule has 0 saturated carbocycles. The van der Waals surface area contributed by atoms with Gasteiger partial charge in [-0.05, 0) is 24.3 Å². The van der Waals surface area contributed by atoms with Gasteiger partial charge in [0.1, 0.15) is 22.9 Å². The maximum Gasteiger partial charge on any atom is 0.401 e. The number of alkyl halides is 3. The molecule has 0 radical (unpaired) electrons. The summed E-state index contributed by atoms with van der Waals surface area (Å²) in [4.78, 5) is 32.8. The molecule has 11 nitrogen and oxygen atoms in total. The molecule has 0 spiro atoms. The predicted octanol–water partition coefficient (Wildman–Crippen LogP) is 1.75. The Balaban J connectivity index is 1.43. The van der Waals surface area contributed by atoms with E-state index in [1.165, 1.54) is 11.1 Å². The summed E-state index contributed by atoms with van der Waals surface area (Å²) < 4.78 is 38.2. The van der Waals surface area contributed by atoms with E-state index in [1.54, 1.807) is 31.6 Å². The van der Waals surface area contributed by atoms with E-state index >= 15 is 0 Å². The Morgan fingerprint density at radius 3 is 2.59 bits per heavy atom. The number of benzene rings is 1. The van der Waals surface area contributed by atoms with Crippen molar-refractivity contribution in [2.75, 3.05) is 44.7 Å². The van der Waals surface area contributed by atoms with Crippen LogP contribution in [0.3, 0.4) is 0 Å². The van der Waals surface area contributed by atoms with Crippen molar-refractivity contribution in [1.29, 1.82) is 5.41 Å². The molecule has 2 aromatic heterocycles. The van der Waals surface area contributed by atoms with E-state index in [2.05, 4.69) is 35.9 Å². The second kappa shape index (κ2) is 10.7. The summed E-state index contributed by atoms with van der Waals surface area (Å²) in [6, 6.07) is 7.23. The molecule has 1 saturated heterocycles. The number of aromatic amines is 1. The lowest BCUT2D eigenvalue weighted by atomic mass is 10.0.